The molecule has 4 N–H and O–H groups in total. The quantitative estimate of drug-likeness (QED) is 0.313. The first kappa shape index (κ1) is 40.6. The Labute approximate surface area is 306 Å². The van der Waals surface area contributed by atoms with Crippen molar-refractivity contribution in [3.05, 3.63) is 23.5 Å². The average Bonchev–Trinajstić information content (AvgIpc) is 3.57. The lowest BCUT2D eigenvalue weighted by atomic mass is 9.77. The summed E-state index contributed by atoms with van der Waals surface area (Å²) >= 11 is 0. The molecule has 0 aromatic carbocycles. The Kier molecular flexibility index (Phi) is 12.5. The van der Waals surface area contributed by atoms with Crippen LogP contribution >= 0.6 is 0 Å². The van der Waals surface area contributed by atoms with Crippen LogP contribution in [0.2, 0.25) is 0 Å². The molecule has 4 aliphatic rings. The highest BCUT2D eigenvalue weighted by atomic mass is 16.7. The third kappa shape index (κ3) is 8.36. The number of amides is 2. The summed E-state index contributed by atoms with van der Waals surface area (Å²) in [5.74, 6) is -2.64. The Bertz CT molecular complexity index is 1420. The number of ether oxygens (including phenoxy) is 6. The van der Waals surface area contributed by atoms with Gasteiger partial charge < -0.3 is 58.7 Å². The molecule has 14 atom stereocenters. The highest BCUT2D eigenvalue weighted by Gasteiger charge is 2.56. The van der Waals surface area contributed by atoms with Crippen molar-refractivity contribution in [2.75, 3.05) is 41.3 Å². The maximum Gasteiger partial charge on any atom is 0.355 e. The molecule has 52 heavy (non-hydrogen) atoms. The average molecular weight is 737 g/mol. The van der Waals surface area contributed by atoms with Crippen LogP contribution in [0.1, 0.15) is 89.4 Å². The molecule has 5 heterocycles. The minimum atomic E-state index is -1.54. The molecule has 15 heteroatoms. The van der Waals surface area contributed by atoms with Crippen LogP contribution in [0.15, 0.2) is 12.3 Å². The number of carbonyl (C=O) groups is 3. The van der Waals surface area contributed by atoms with E-state index < -0.39 is 72.1 Å². The van der Waals surface area contributed by atoms with Crippen molar-refractivity contribution in [2.45, 2.75) is 134 Å². The van der Waals surface area contributed by atoms with Crippen molar-refractivity contribution in [3.8, 4) is 0 Å². The van der Waals surface area contributed by atoms with E-state index in [0.717, 1.165) is 0 Å². The standard InChI is InChI=1S/C37H60N4O11/c1-19-16-36(5,46)31(52-35-28(43)24(40(7)8)15-20(2)48-35)21(3)29(22(4)33(44)39-14-12-25(42)41(9)18-19)49-26-17-37(6,47-10)32-30(50-26)23-11-13-38-27(23)34(45)51-32/h11,13,19-22,24,26,28-32,35,38,43,46H,12,14-18H2,1-10H3,(H,39,44)/t19-,20-,21+,22-,24+,26-,28-,29+,30+,31-,32+,35+,36-,37-/m1/s1. The summed E-state index contributed by atoms with van der Waals surface area (Å²) in [6.07, 6.45) is -4.01. The van der Waals surface area contributed by atoms with E-state index in [0.29, 0.717) is 18.5 Å². The number of aromatic amines is 1. The first-order valence-corrected chi connectivity index (χ1v) is 18.5. The van der Waals surface area contributed by atoms with Crippen molar-refractivity contribution >= 4 is 17.8 Å². The maximum atomic E-state index is 13.9. The molecule has 3 saturated heterocycles. The molecule has 4 aliphatic heterocycles. The molecule has 0 spiro atoms. The van der Waals surface area contributed by atoms with E-state index in [-0.39, 0.29) is 61.4 Å². The van der Waals surface area contributed by atoms with E-state index in [9.17, 15) is 24.6 Å². The fourth-order valence-electron chi connectivity index (χ4n) is 8.65. The fourth-order valence-corrected chi connectivity index (χ4v) is 8.65. The van der Waals surface area contributed by atoms with Gasteiger partial charge in [-0.2, -0.15) is 0 Å². The molecule has 0 radical (unpaired) electrons. The predicted molar refractivity (Wildman–Crippen MR) is 188 cm³/mol. The molecule has 294 valence electrons. The second-order valence-electron chi connectivity index (χ2n) is 16.2. The summed E-state index contributed by atoms with van der Waals surface area (Å²) in [5.41, 5.74) is -1.66. The third-order valence-corrected chi connectivity index (χ3v) is 11.5. The summed E-state index contributed by atoms with van der Waals surface area (Å²) in [7, 11) is 7.03. The number of rotatable bonds is 6. The van der Waals surface area contributed by atoms with Crippen molar-refractivity contribution in [1.29, 1.82) is 0 Å². The lowest BCUT2D eigenvalue weighted by Gasteiger charge is -2.50. The third-order valence-electron chi connectivity index (χ3n) is 11.5. The number of hydrogen-bond acceptors (Lipinski definition) is 12. The monoisotopic (exact) mass is 736 g/mol. The summed E-state index contributed by atoms with van der Waals surface area (Å²) in [4.78, 5) is 46.2. The van der Waals surface area contributed by atoms with Crippen LogP contribution < -0.4 is 5.32 Å². The van der Waals surface area contributed by atoms with Crippen LogP contribution in [0, 0.1) is 17.8 Å². The summed E-state index contributed by atoms with van der Waals surface area (Å²) in [6.45, 7) is 11.5. The van der Waals surface area contributed by atoms with Crippen LogP contribution in [-0.4, -0.2) is 144 Å². The zero-order valence-corrected chi connectivity index (χ0v) is 32.3. The van der Waals surface area contributed by atoms with Gasteiger partial charge in [0, 0.05) is 63.8 Å². The second kappa shape index (κ2) is 16.0. The number of aliphatic hydroxyl groups is 2. The first-order valence-electron chi connectivity index (χ1n) is 18.5. The van der Waals surface area contributed by atoms with E-state index >= 15 is 0 Å². The number of H-pyrrole nitrogens is 1. The second-order valence-corrected chi connectivity index (χ2v) is 16.2. The Morgan fingerprint density at radius 1 is 1.06 bits per heavy atom. The zero-order chi connectivity index (χ0) is 38.3. The van der Waals surface area contributed by atoms with E-state index in [1.54, 1.807) is 45.2 Å². The molecule has 1 aromatic rings. The van der Waals surface area contributed by atoms with Crippen LogP contribution in [0.3, 0.4) is 0 Å². The fraction of sp³-hybridized carbons (Fsp3) is 0.811. The number of methoxy groups -OCH3 is 1. The van der Waals surface area contributed by atoms with Gasteiger partial charge in [-0.25, -0.2) is 4.79 Å². The van der Waals surface area contributed by atoms with Gasteiger partial charge in [0.25, 0.3) is 0 Å². The van der Waals surface area contributed by atoms with Gasteiger partial charge in [0.05, 0.1) is 29.8 Å². The largest absolute Gasteiger partial charge is 0.451 e. The molecular formula is C37H60N4O11. The Balaban J connectivity index is 1.53. The van der Waals surface area contributed by atoms with Gasteiger partial charge in [0.1, 0.15) is 23.5 Å². The molecule has 3 fully saturated rings. The minimum absolute atomic E-state index is 0.117. The van der Waals surface area contributed by atoms with E-state index in [1.807, 2.05) is 46.7 Å². The van der Waals surface area contributed by atoms with Gasteiger partial charge in [0.2, 0.25) is 11.8 Å². The highest BCUT2D eigenvalue weighted by molar-refractivity contribution is 5.90. The lowest BCUT2D eigenvalue weighted by molar-refractivity contribution is -0.320. The van der Waals surface area contributed by atoms with E-state index in [1.165, 1.54) is 0 Å². The van der Waals surface area contributed by atoms with E-state index in [2.05, 4.69) is 10.3 Å². The molecule has 0 unspecified atom stereocenters. The predicted octanol–water partition coefficient (Wildman–Crippen LogP) is 1.97. The molecule has 0 aliphatic carbocycles. The van der Waals surface area contributed by atoms with Crippen molar-refractivity contribution in [1.82, 2.24) is 20.1 Å². The molecule has 2 amide bonds. The SMILES string of the molecule is CO[C@]1(C)C[C@H](O[C@H]2[C@H](C)[C@@H](O[C@@H]3O[C@H](C)C[C@H](N(C)C)[C@H]3O)[C@](C)(O)C[C@@H](C)CN(C)C(=O)CCNC(=O)[C@@H]2C)O[C@H]2c3cc[nH]c3C(=O)O[C@@H]21. The topological polar surface area (TPSA) is 181 Å². The van der Waals surface area contributed by atoms with Crippen LogP contribution in [0.5, 0.6) is 0 Å². The highest BCUT2D eigenvalue weighted by Crippen LogP contribution is 2.46. The minimum Gasteiger partial charge on any atom is -0.451 e. The lowest BCUT2D eigenvalue weighted by Crippen LogP contribution is -2.61. The van der Waals surface area contributed by atoms with E-state index in [4.69, 9.17) is 28.4 Å². The molecular weight excluding hydrogens is 676 g/mol. The number of nitrogens with one attached hydrogen (secondary N) is 2. The van der Waals surface area contributed by atoms with Crippen molar-refractivity contribution in [3.63, 3.8) is 0 Å². The number of aliphatic hydroxyl groups excluding tert-OH is 1. The van der Waals surface area contributed by atoms with Gasteiger partial charge in [-0.05, 0) is 59.7 Å². The summed E-state index contributed by atoms with van der Waals surface area (Å²) in [5, 5.41) is 26.8. The molecule has 5 rings (SSSR count). The van der Waals surface area contributed by atoms with Gasteiger partial charge in [-0.15, -0.1) is 0 Å². The first-order chi connectivity index (χ1) is 24.4. The number of esters is 1. The normalized spacial score (nSPS) is 42.6. The van der Waals surface area contributed by atoms with Gasteiger partial charge in [-0.3, -0.25) is 9.59 Å². The number of aromatic nitrogens is 1. The number of likely N-dealkylation sites (N-methyl/N-ethyl adjacent to an activating group) is 1. The number of fused-ring (bicyclic) bond motifs is 3. The Morgan fingerprint density at radius 2 is 1.77 bits per heavy atom. The Morgan fingerprint density at radius 3 is 2.44 bits per heavy atom. The summed E-state index contributed by atoms with van der Waals surface area (Å²) < 4.78 is 38.1. The van der Waals surface area contributed by atoms with Crippen molar-refractivity contribution < 1.29 is 53.0 Å². The van der Waals surface area contributed by atoms with Crippen LogP contribution in [0.25, 0.3) is 0 Å². The molecule has 15 nitrogen and oxygen atoms in total. The van der Waals surface area contributed by atoms with Gasteiger partial charge in [0.15, 0.2) is 18.7 Å². The molecule has 1 aromatic heterocycles. The Hall–Kier alpha value is -2.63. The molecule has 0 bridgehead atoms. The number of hydrogen-bond donors (Lipinski definition) is 4. The van der Waals surface area contributed by atoms with Crippen molar-refractivity contribution in [2.24, 2.45) is 17.8 Å². The maximum absolute atomic E-state index is 13.9. The smallest absolute Gasteiger partial charge is 0.355 e. The summed E-state index contributed by atoms with van der Waals surface area (Å²) in [6, 6.07) is 1.51. The number of nitrogens with zero attached hydrogens (tertiary/aromatic N) is 2. The number of carbonyl (C=O) groups excluding carboxylic acids is 3. The molecule has 0 saturated carbocycles. The van der Waals surface area contributed by atoms with Gasteiger partial charge >= 0.3 is 5.97 Å². The van der Waals surface area contributed by atoms with Crippen LogP contribution in [0.4, 0.5) is 0 Å². The van der Waals surface area contributed by atoms with Crippen LogP contribution in [-0.2, 0) is 38.0 Å². The van der Waals surface area contributed by atoms with Gasteiger partial charge in [-0.1, -0.05) is 20.8 Å². The zero-order valence-electron chi connectivity index (χ0n) is 32.3.